The molecule has 0 spiro atoms. The quantitative estimate of drug-likeness (QED) is 0.759. The minimum absolute atomic E-state index is 0.154. The lowest BCUT2D eigenvalue weighted by molar-refractivity contribution is 0.0513. The molecule has 0 aliphatic heterocycles. The van der Waals surface area contributed by atoms with Crippen molar-refractivity contribution in [1.82, 2.24) is 5.32 Å². The molecule has 0 heterocycles. The smallest absolute Gasteiger partial charge is 0.407 e. The fourth-order valence-electron chi connectivity index (χ4n) is 2.58. The van der Waals surface area contributed by atoms with E-state index in [0.717, 1.165) is 25.7 Å². The van der Waals surface area contributed by atoms with E-state index in [2.05, 4.69) is 5.32 Å². The zero-order chi connectivity index (χ0) is 16.1. The van der Waals surface area contributed by atoms with Gasteiger partial charge in [-0.1, -0.05) is 12.8 Å². The van der Waals surface area contributed by atoms with Gasteiger partial charge in [-0.2, -0.15) is 8.42 Å². The van der Waals surface area contributed by atoms with Gasteiger partial charge >= 0.3 is 6.09 Å². The predicted octanol–water partition coefficient (Wildman–Crippen LogP) is 2.60. The van der Waals surface area contributed by atoms with Crippen molar-refractivity contribution >= 4 is 16.2 Å². The van der Waals surface area contributed by atoms with Crippen molar-refractivity contribution in [2.24, 2.45) is 11.8 Å². The lowest BCUT2D eigenvalue weighted by atomic mass is 9.81. The Hall–Kier alpha value is -0.820. The zero-order valence-electron chi connectivity index (χ0n) is 13.1. The topological polar surface area (TPSA) is 92.7 Å². The van der Waals surface area contributed by atoms with Crippen molar-refractivity contribution in [2.45, 2.75) is 58.5 Å². The van der Waals surface area contributed by atoms with E-state index in [1.54, 1.807) is 0 Å². The minimum Gasteiger partial charge on any atom is -0.444 e. The minimum atomic E-state index is -3.85. The van der Waals surface area contributed by atoms with Gasteiger partial charge in [0.05, 0.1) is 5.75 Å². The second-order valence-electron chi connectivity index (χ2n) is 6.84. The van der Waals surface area contributed by atoms with Crippen molar-refractivity contribution in [2.75, 3.05) is 12.3 Å². The summed E-state index contributed by atoms with van der Waals surface area (Å²) in [6, 6.07) is 0. The van der Waals surface area contributed by atoms with E-state index < -0.39 is 21.8 Å². The third-order valence-corrected chi connectivity index (χ3v) is 4.44. The molecule has 1 saturated carbocycles. The molecule has 0 aromatic carbocycles. The first-order chi connectivity index (χ1) is 9.55. The molecule has 0 aromatic heterocycles. The molecule has 21 heavy (non-hydrogen) atoms. The van der Waals surface area contributed by atoms with E-state index in [-0.39, 0.29) is 5.75 Å². The van der Waals surface area contributed by atoms with Crippen LogP contribution in [0.25, 0.3) is 0 Å². The maximum absolute atomic E-state index is 11.6. The van der Waals surface area contributed by atoms with Crippen LogP contribution < -0.4 is 5.32 Å². The second-order valence-corrected chi connectivity index (χ2v) is 8.42. The van der Waals surface area contributed by atoms with Crippen molar-refractivity contribution in [3.63, 3.8) is 0 Å². The molecule has 0 atom stereocenters. The Morgan fingerprint density at radius 1 is 1.19 bits per heavy atom. The maximum Gasteiger partial charge on any atom is 0.407 e. The van der Waals surface area contributed by atoms with Gasteiger partial charge < -0.3 is 10.1 Å². The van der Waals surface area contributed by atoms with Crippen molar-refractivity contribution in [1.29, 1.82) is 0 Å². The van der Waals surface area contributed by atoms with Crippen LogP contribution in [0.3, 0.4) is 0 Å². The van der Waals surface area contributed by atoms with Crippen LogP contribution in [0.4, 0.5) is 4.79 Å². The summed E-state index contributed by atoms with van der Waals surface area (Å²) in [7, 11) is -3.85. The maximum atomic E-state index is 11.6. The molecule has 6 nitrogen and oxygen atoms in total. The van der Waals surface area contributed by atoms with Gasteiger partial charge in [0.1, 0.15) is 5.60 Å². The van der Waals surface area contributed by atoms with E-state index in [0.29, 0.717) is 24.8 Å². The van der Waals surface area contributed by atoms with E-state index in [1.165, 1.54) is 0 Å². The summed E-state index contributed by atoms with van der Waals surface area (Å²) in [6.07, 6.45) is 3.94. The summed E-state index contributed by atoms with van der Waals surface area (Å²) >= 11 is 0. The van der Waals surface area contributed by atoms with Crippen molar-refractivity contribution in [3.05, 3.63) is 0 Å². The number of ether oxygens (including phenoxy) is 1. The van der Waals surface area contributed by atoms with Crippen LogP contribution in [-0.4, -0.2) is 37.0 Å². The van der Waals surface area contributed by atoms with E-state index in [4.69, 9.17) is 9.29 Å². The summed E-state index contributed by atoms with van der Waals surface area (Å²) in [6.45, 7) is 6.08. The van der Waals surface area contributed by atoms with Gasteiger partial charge in [-0.25, -0.2) is 4.79 Å². The highest BCUT2D eigenvalue weighted by molar-refractivity contribution is 7.85. The Balaban J connectivity index is 2.20. The highest BCUT2D eigenvalue weighted by Crippen LogP contribution is 2.30. The zero-order valence-corrected chi connectivity index (χ0v) is 13.9. The molecule has 1 aliphatic carbocycles. The number of carbonyl (C=O) groups excluding carboxylic acids is 1. The lowest BCUT2D eigenvalue weighted by Gasteiger charge is -2.28. The van der Waals surface area contributed by atoms with Crippen LogP contribution in [0.1, 0.15) is 52.9 Å². The molecule has 2 N–H and O–H groups in total. The van der Waals surface area contributed by atoms with Gasteiger partial charge in [0.15, 0.2) is 0 Å². The van der Waals surface area contributed by atoms with Crippen LogP contribution in [0.2, 0.25) is 0 Å². The van der Waals surface area contributed by atoms with Gasteiger partial charge in [0, 0.05) is 6.54 Å². The molecule has 1 rings (SSSR count). The standard InChI is InChI=1S/C14H27NO5S/c1-14(2,3)20-13(16)15-10-12-6-4-11(5-7-12)8-9-21(17,18)19/h11-12H,4-10H2,1-3H3,(H,15,16)(H,17,18,19). The largest absolute Gasteiger partial charge is 0.444 e. The van der Waals surface area contributed by atoms with Crippen LogP contribution >= 0.6 is 0 Å². The van der Waals surface area contributed by atoms with Crippen molar-refractivity contribution in [3.8, 4) is 0 Å². The number of alkyl carbamates (subject to hydrolysis) is 1. The van der Waals surface area contributed by atoms with Crippen molar-refractivity contribution < 1.29 is 22.5 Å². The summed E-state index contributed by atoms with van der Waals surface area (Å²) < 4.78 is 35.4. The average Bonchev–Trinajstić information content (AvgIpc) is 2.32. The predicted molar refractivity (Wildman–Crippen MR) is 80.7 cm³/mol. The molecule has 124 valence electrons. The number of amides is 1. The molecule has 0 unspecified atom stereocenters. The Kier molecular flexibility index (Phi) is 6.46. The molecule has 7 heteroatoms. The Morgan fingerprint density at radius 2 is 1.71 bits per heavy atom. The van der Waals surface area contributed by atoms with Crippen LogP contribution in [-0.2, 0) is 14.9 Å². The van der Waals surface area contributed by atoms with Gasteiger partial charge in [-0.05, 0) is 51.9 Å². The highest BCUT2D eigenvalue weighted by Gasteiger charge is 2.23. The van der Waals surface area contributed by atoms with Gasteiger partial charge in [-0.3, -0.25) is 4.55 Å². The lowest BCUT2D eigenvalue weighted by Crippen LogP contribution is -2.36. The Morgan fingerprint density at radius 3 is 2.19 bits per heavy atom. The Labute approximate surface area is 127 Å². The molecular weight excluding hydrogens is 294 g/mol. The molecule has 0 aromatic rings. The number of carbonyl (C=O) groups is 1. The first-order valence-corrected chi connectivity index (χ1v) is 9.08. The summed E-state index contributed by atoms with van der Waals surface area (Å²) in [4.78, 5) is 11.6. The van der Waals surface area contributed by atoms with E-state index in [1.807, 2.05) is 20.8 Å². The van der Waals surface area contributed by atoms with E-state index in [9.17, 15) is 13.2 Å². The number of rotatable bonds is 5. The molecule has 1 amide bonds. The monoisotopic (exact) mass is 321 g/mol. The van der Waals surface area contributed by atoms with Crippen LogP contribution in [0.15, 0.2) is 0 Å². The summed E-state index contributed by atoms with van der Waals surface area (Å²) in [5.74, 6) is 0.614. The molecular formula is C14H27NO5S. The number of hydrogen-bond donors (Lipinski definition) is 2. The van der Waals surface area contributed by atoms with E-state index >= 15 is 0 Å². The normalized spacial score (nSPS) is 23.6. The van der Waals surface area contributed by atoms with Gasteiger partial charge in [-0.15, -0.1) is 0 Å². The molecule has 1 aliphatic rings. The highest BCUT2D eigenvalue weighted by atomic mass is 32.2. The summed E-state index contributed by atoms with van der Waals surface area (Å²) in [5.41, 5.74) is -0.489. The third kappa shape index (κ3) is 8.93. The average molecular weight is 321 g/mol. The number of nitrogens with one attached hydrogen (secondary N) is 1. The summed E-state index contributed by atoms with van der Waals surface area (Å²) in [5, 5.41) is 2.78. The van der Waals surface area contributed by atoms with Crippen LogP contribution in [0, 0.1) is 11.8 Å². The van der Waals surface area contributed by atoms with Gasteiger partial charge in [0.25, 0.3) is 10.1 Å². The molecule has 0 bridgehead atoms. The Bertz CT molecular complexity index is 433. The molecule has 0 radical (unpaired) electrons. The van der Waals surface area contributed by atoms with Crippen LogP contribution in [0.5, 0.6) is 0 Å². The molecule has 1 fully saturated rings. The molecule has 0 saturated heterocycles. The SMILES string of the molecule is CC(C)(C)OC(=O)NCC1CCC(CCS(=O)(=O)O)CC1. The first kappa shape index (κ1) is 18.2. The second kappa shape index (κ2) is 7.45. The fourth-order valence-corrected chi connectivity index (χ4v) is 3.21. The third-order valence-electron chi connectivity index (χ3n) is 3.68. The van der Waals surface area contributed by atoms with Gasteiger partial charge in [0.2, 0.25) is 0 Å². The first-order valence-electron chi connectivity index (χ1n) is 7.47. The fraction of sp³-hybridized carbons (Fsp3) is 0.929. The number of hydrogen-bond acceptors (Lipinski definition) is 4.